The number of hydrogen-bond donors (Lipinski definition) is 1. The fraction of sp³-hybridized carbons (Fsp3) is 0.130. The van der Waals surface area contributed by atoms with Crippen LogP contribution < -0.4 is 10.5 Å². The van der Waals surface area contributed by atoms with E-state index in [9.17, 15) is 0 Å². The minimum atomic E-state index is 0.539. The van der Waals surface area contributed by atoms with Crippen molar-refractivity contribution in [3.8, 4) is 5.75 Å². The Balaban J connectivity index is 1.81. The van der Waals surface area contributed by atoms with Gasteiger partial charge in [-0.15, -0.1) is 0 Å². The molecule has 0 unspecified atom stereocenters. The van der Waals surface area contributed by atoms with E-state index in [2.05, 4.69) is 9.98 Å². The van der Waals surface area contributed by atoms with Gasteiger partial charge in [0.2, 0.25) is 0 Å². The van der Waals surface area contributed by atoms with E-state index in [4.69, 9.17) is 10.5 Å². The number of allylic oxidation sites excluding steroid dienone is 1. The van der Waals surface area contributed by atoms with E-state index in [1.165, 1.54) is 0 Å². The van der Waals surface area contributed by atoms with Crippen molar-refractivity contribution in [2.45, 2.75) is 13.5 Å². The average molecular weight is 357 g/mol. The predicted octanol–water partition coefficient (Wildman–Crippen LogP) is 4.58. The van der Waals surface area contributed by atoms with Gasteiger partial charge in [0.1, 0.15) is 12.4 Å². The molecule has 4 nitrogen and oxygen atoms in total. The Kier molecular flexibility index (Phi) is 6.36. The van der Waals surface area contributed by atoms with Gasteiger partial charge >= 0.3 is 0 Å². The van der Waals surface area contributed by atoms with Crippen LogP contribution in [0.2, 0.25) is 0 Å². The molecule has 0 spiro atoms. The van der Waals surface area contributed by atoms with E-state index >= 15 is 0 Å². The number of aliphatic imine (C=N–C) groups is 1. The van der Waals surface area contributed by atoms with Gasteiger partial charge in [-0.1, -0.05) is 30.3 Å². The second kappa shape index (κ2) is 9.34. The summed E-state index contributed by atoms with van der Waals surface area (Å²) in [6.07, 6.45) is 5.33. The van der Waals surface area contributed by atoms with E-state index in [1.54, 1.807) is 12.4 Å². The Bertz CT molecular complexity index is 901. The van der Waals surface area contributed by atoms with Crippen LogP contribution in [-0.4, -0.2) is 17.7 Å². The number of hydrogen-bond acceptors (Lipinski definition) is 4. The van der Waals surface area contributed by atoms with Gasteiger partial charge in [0.25, 0.3) is 0 Å². The molecule has 4 heteroatoms. The van der Waals surface area contributed by atoms with Crippen molar-refractivity contribution in [3.63, 3.8) is 0 Å². The van der Waals surface area contributed by atoms with Crippen molar-refractivity contribution >= 4 is 17.5 Å². The van der Waals surface area contributed by atoms with Crippen LogP contribution in [0.3, 0.4) is 0 Å². The number of nitrogens with two attached hydrogens (primary N) is 1. The van der Waals surface area contributed by atoms with Gasteiger partial charge in [0.05, 0.1) is 0 Å². The fourth-order valence-electron chi connectivity index (χ4n) is 2.64. The van der Waals surface area contributed by atoms with Gasteiger partial charge in [-0.3, -0.25) is 9.98 Å². The summed E-state index contributed by atoms with van der Waals surface area (Å²) >= 11 is 0. The molecule has 0 saturated heterocycles. The number of pyridine rings is 1. The molecule has 0 aliphatic rings. The smallest absolute Gasteiger partial charge is 0.119 e. The molecular formula is C23H23N3O. The minimum absolute atomic E-state index is 0.539. The Morgan fingerprint density at radius 3 is 2.33 bits per heavy atom. The van der Waals surface area contributed by atoms with Gasteiger partial charge < -0.3 is 10.5 Å². The zero-order valence-electron chi connectivity index (χ0n) is 15.4. The summed E-state index contributed by atoms with van der Waals surface area (Å²) in [5.74, 6) is 0.808. The standard InChI is InChI=1S/C23H23N3O/c1-2-25-16-22(19-12-14-26-15-13-19)23(24)20-8-10-21(11-9-20)27-17-18-6-4-3-5-7-18/h3-16H,2,17,24H2,1H3/b23-22+,25-16?. The topological polar surface area (TPSA) is 60.5 Å². The third-order valence-electron chi connectivity index (χ3n) is 4.10. The lowest BCUT2D eigenvalue weighted by Crippen LogP contribution is -2.03. The molecule has 136 valence electrons. The molecule has 0 bridgehead atoms. The highest BCUT2D eigenvalue weighted by molar-refractivity contribution is 6.18. The summed E-state index contributed by atoms with van der Waals surface area (Å²) in [6, 6.07) is 21.8. The van der Waals surface area contributed by atoms with Gasteiger partial charge in [0, 0.05) is 36.4 Å². The minimum Gasteiger partial charge on any atom is -0.489 e. The molecular weight excluding hydrogens is 334 g/mol. The SMILES string of the molecule is CCN=C/C(=C(\N)c1ccc(OCc2ccccc2)cc1)c1ccncc1. The number of aromatic nitrogens is 1. The number of nitrogens with zero attached hydrogens (tertiary/aromatic N) is 2. The molecule has 0 saturated carbocycles. The highest BCUT2D eigenvalue weighted by Crippen LogP contribution is 2.23. The summed E-state index contributed by atoms with van der Waals surface area (Å²) in [4.78, 5) is 8.44. The van der Waals surface area contributed by atoms with Crippen LogP contribution in [0.25, 0.3) is 11.3 Å². The normalized spacial score (nSPS) is 12.0. The second-order valence-corrected chi connectivity index (χ2v) is 5.99. The molecule has 3 aromatic rings. The van der Waals surface area contributed by atoms with Crippen LogP contribution in [0.15, 0.2) is 84.1 Å². The fourth-order valence-corrected chi connectivity index (χ4v) is 2.64. The Hall–Kier alpha value is -3.40. The van der Waals surface area contributed by atoms with E-state index in [-0.39, 0.29) is 0 Å². The molecule has 0 radical (unpaired) electrons. The number of rotatable bonds is 7. The molecule has 1 heterocycles. The van der Waals surface area contributed by atoms with E-state index < -0.39 is 0 Å². The first-order chi connectivity index (χ1) is 13.3. The quantitative estimate of drug-likeness (QED) is 0.630. The lowest BCUT2D eigenvalue weighted by Gasteiger charge is -2.11. The second-order valence-electron chi connectivity index (χ2n) is 5.99. The predicted molar refractivity (Wildman–Crippen MR) is 111 cm³/mol. The van der Waals surface area contributed by atoms with Crippen molar-refractivity contribution in [3.05, 3.63) is 95.8 Å². The van der Waals surface area contributed by atoms with E-state index in [0.717, 1.165) is 28.0 Å². The largest absolute Gasteiger partial charge is 0.489 e. The third kappa shape index (κ3) is 5.05. The maximum Gasteiger partial charge on any atom is 0.119 e. The zero-order chi connectivity index (χ0) is 18.9. The van der Waals surface area contributed by atoms with Crippen molar-refractivity contribution in [1.29, 1.82) is 0 Å². The third-order valence-corrected chi connectivity index (χ3v) is 4.10. The van der Waals surface area contributed by atoms with Crippen molar-refractivity contribution in [2.24, 2.45) is 10.7 Å². The maximum atomic E-state index is 6.45. The molecule has 1 aromatic heterocycles. The zero-order valence-corrected chi connectivity index (χ0v) is 15.4. The molecule has 3 rings (SSSR count). The first kappa shape index (κ1) is 18.4. The van der Waals surface area contributed by atoms with Gasteiger partial charge in [-0.25, -0.2) is 0 Å². The first-order valence-corrected chi connectivity index (χ1v) is 8.95. The molecule has 0 aliphatic heterocycles. The Morgan fingerprint density at radius 2 is 1.67 bits per heavy atom. The highest BCUT2D eigenvalue weighted by atomic mass is 16.5. The first-order valence-electron chi connectivity index (χ1n) is 8.95. The van der Waals surface area contributed by atoms with Crippen molar-refractivity contribution in [2.75, 3.05) is 6.54 Å². The van der Waals surface area contributed by atoms with E-state index in [1.807, 2.05) is 79.9 Å². The lowest BCUT2D eigenvalue weighted by atomic mass is 10.0. The summed E-state index contributed by atoms with van der Waals surface area (Å²) in [5.41, 5.74) is 11.1. The summed E-state index contributed by atoms with van der Waals surface area (Å²) in [6.45, 7) is 3.24. The van der Waals surface area contributed by atoms with Gasteiger partial charge in [0.15, 0.2) is 0 Å². The van der Waals surface area contributed by atoms with Crippen LogP contribution in [0.1, 0.15) is 23.6 Å². The van der Waals surface area contributed by atoms with Crippen LogP contribution in [-0.2, 0) is 6.61 Å². The maximum absolute atomic E-state index is 6.45. The number of ether oxygens (including phenoxy) is 1. The Morgan fingerprint density at radius 1 is 0.963 bits per heavy atom. The van der Waals surface area contributed by atoms with Crippen LogP contribution in [0.4, 0.5) is 0 Å². The van der Waals surface area contributed by atoms with Crippen LogP contribution in [0.5, 0.6) is 5.75 Å². The van der Waals surface area contributed by atoms with Gasteiger partial charge in [-0.2, -0.15) is 0 Å². The summed E-state index contributed by atoms with van der Waals surface area (Å²) in [7, 11) is 0. The highest BCUT2D eigenvalue weighted by Gasteiger charge is 2.07. The average Bonchev–Trinajstić information content (AvgIpc) is 2.74. The summed E-state index contributed by atoms with van der Waals surface area (Å²) in [5, 5.41) is 0. The molecule has 0 atom stereocenters. The Labute approximate surface area is 160 Å². The van der Waals surface area contributed by atoms with Crippen LogP contribution >= 0.6 is 0 Å². The van der Waals surface area contributed by atoms with Crippen molar-refractivity contribution < 1.29 is 4.74 Å². The molecule has 2 aromatic carbocycles. The monoisotopic (exact) mass is 357 g/mol. The van der Waals surface area contributed by atoms with Crippen molar-refractivity contribution in [1.82, 2.24) is 4.98 Å². The molecule has 0 aliphatic carbocycles. The lowest BCUT2D eigenvalue weighted by molar-refractivity contribution is 0.306. The van der Waals surface area contributed by atoms with Crippen LogP contribution in [0, 0.1) is 0 Å². The molecule has 27 heavy (non-hydrogen) atoms. The molecule has 0 fully saturated rings. The van der Waals surface area contributed by atoms with E-state index in [0.29, 0.717) is 18.8 Å². The molecule has 2 N–H and O–H groups in total. The van der Waals surface area contributed by atoms with Gasteiger partial charge in [-0.05, 0) is 60.0 Å². The molecule has 0 amide bonds. The number of benzene rings is 2. The summed E-state index contributed by atoms with van der Waals surface area (Å²) < 4.78 is 5.85.